The second-order valence-corrected chi connectivity index (χ2v) is 9.98. The lowest BCUT2D eigenvalue weighted by Gasteiger charge is -2.23. The standard InChI is InChI=1S/C24H28N2O2S2/c1-17-14-21-22(15-18(17)2)30-24(25-21)26(16-19-8-6-12-28-19)23(27)11-7-13-29-20-9-4-3-5-10-20/h3-5,9-10,14-15,19H,6-8,11-13,16H2,1-2H3. The van der Waals surface area contributed by atoms with Crippen LogP contribution in [0.15, 0.2) is 47.4 Å². The van der Waals surface area contributed by atoms with Crippen molar-refractivity contribution >= 4 is 44.4 Å². The van der Waals surface area contributed by atoms with Crippen LogP contribution in [0.1, 0.15) is 36.8 Å². The Morgan fingerprint density at radius 2 is 2.03 bits per heavy atom. The number of benzene rings is 2. The molecule has 1 unspecified atom stereocenters. The highest BCUT2D eigenvalue weighted by molar-refractivity contribution is 7.99. The van der Waals surface area contributed by atoms with Crippen molar-refractivity contribution in [1.29, 1.82) is 0 Å². The van der Waals surface area contributed by atoms with Crippen LogP contribution in [0.5, 0.6) is 0 Å². The van der Waals surface area contributed by atoms with Gasteiger partial charge in [-0.2, -0.15) is 0 Å². The number of rotatable bonds is 8. The Morgan fingerprint density at radius 3 is 2.80 bits per heavy atom. The molecule has 0 spiro atoms. The molecular weight excluding hydrogens is 412 g/mol. The summed E-state index contributed by atoms with van der Waals surface area (Å²) in [6.45, 7) is 5.61. The number of ether oxygens (including phenoxy) is 1. The van der Waals surface area contributed by atoms with Crippen molar-refractivity contribution in [1.82, 2.24) is 4.98 Å². The Balaban J connectivity index is 1.45. The van der Waals surface area contributed by atoms with Gasteiger partial charge in [-0.3, -0.25) is 9.69 Å². The van der Waals surface area contributed by atoms with E-state index in [9.17, 15) is 4.79 Å². The summed E-state index contributed by atoms with van der Waals surface area (Å²) in [7, 11) is 0. The first-order valence-corrected chi connectivity index (χ1v) is 12.4. The largest absolute Gasteiger partial charge is 0.376 e. The number of nitrogens with zero attached hydrogens (tertiary/aromatic N) is 2. The maximum absolute atomic E-state index is 13.2. The number of aromatic nitrogens is 1. The molecule has 1 saturated heterocycles. The fourth-order valence-corrected chi connectivity index (χ4v) is 5.57. The van der Waals surface area contributed by atoms with E-state index in [-0.39, 0.29) is 12.0 Å². The van der Waals surface area contributed by atoms with E-state index in [0.29, 0.717) is 13.0 Å². The van der Waals surface area contributed by atoms with Gasteiger partial charge in [0.1, 0.15) is 0 Å². The molecule has 4 rings (SSSR count). The van der Waals surface area contributed by atoms with Crippen LogP contribution in [0.3, 0.4) is 0 Å². The number of thiazole rings is 1. The molecule has 4 nitrogen and oxygen atoms in total. The van der Waals surface area contributed by atoms with Crippen LogP contribution >= 0.6 is 23.1 Å². The molecule has 0 aliphatic carbocycles. The van der Waals surface area contributed by atoms with Crippen LogP contribution in [-0.2, 0) is 9.53 Å². The van der Waals surface area contributed by atoms with Gasteiger partial charge < -0.3 is 4.74 Å². The third-order valence-electron chi connectivity index (χ3n) is 5.48. The second kappa shape index (κ2) is 9.94. The van der Waals surface area contributed by atoms with Crippen molar-refractivity contribution < 1.29 is 9.53 Å². The predicted molar refractivity (Wildman–Crippen MR) is 127 cm³/mol. The summed E-state index contributed by atoms with van der Waals surface area (Å²) in [6.07, 6.45) is 3.57. The number of aryl methyl sites for hydroxylation is 2. The summed E-state index contributed by atoms with van der Waals surface area (Å²) in [6, 6.07) is 14.6. The molecule has 1 aromatic heterocycles. The summed E-state index contributed by atoms with van der Waals surface area (Å²) in [4.78, 5) is 21.1. The number of amides is 1. The number of anilines is 1. The highest BCUT2D eigenvalue weighted by Crippen LogP contribution is 2.32. The Labute approximate surface area is 186 Å². The highest BCUT2D eigenvalue weighted by Gasteiger charge is 2.26. The zero-order chi connectivity index (χ0) is 20.9. The van der Waals surface area contributed by atoms with E-state index in [2.05, 4.69) is 38.1 Å². The fourth-order valence-electron chi connectivity index (χ4n) is 3.63. The van der Waals surface area contributed by atoms with Gasteiger partial charge in [-0.05, 0) is 74.3 Å². The molecule has 0 N–H and O–H groups in total. The minimum atomic E-state index is 0.114. The van der Waals surface area contributed by atoms with Crippen molar-refractivity contribution in [2.75, 3.05) is 23.8 Å². The molecule has 3 aromatic rings. The fraction of sp³-hybridized carbons (Fsp3) is 0.417. The zero-order valence-electron chi connectivity index (χ0n) is 17.6. The maximum atomic E-state index is 13.2. The lowest BCUT2D eigenvalue weighted by molar-refractivity contribution is -0.119. The zero-order valence-corrected chi connectivity index (χ0v) is 19.2. The number of carbonyl (C=O) groups excluding carboxylic acids is 1. The van der Waals surface area contributed by atoms with Crippen molar-refractivity contribution in [3.05, 3.63) is 53.6 Å². The van der Waals surface area contributed by atoms with Gasteiger partial charge in [0.25, 0.3) is 0 Å². The summed E-state index contributed by atoms with van der Waals surface area (Å²) in [5.74, 6) is 1.08. The molecule has 0 bridgehead atoms. The number of hydrogen-bond acceptors (Lipinski definition) is 5. The minimum Gasteiger partial charge on any atom is -0.376 e. The Hall–Kier alpha value is -1.89. The van der Waals surface area contributed by atoms with E-state index in [0.717, 1.165) is 47.0 Å². The average Bonchev–Trinajstić information content (AvgIpc) is 3.40. The number of fused-ring (bicyclic) bond motifs is 1. The molecule has 0 radical (unpaired) electrons. The van der Waals surface area contributed by atoms with Crippen molar-refractivity contribution in [2.24, 2.45) is 0 Å². The first-order chi connectivity index (χ1) is 14.6. The highest BCUT2D eigenvalue weighted by atomic mass is 32.2. The first kappa shape index (κ1) is 21.3. The minimum absolute atomic E-state index is 0.114. The molecule has 1 fully saturated rings. The van der Waals surface area contributed by atoms with Crippen molar-refractivity contribution in [2.45, 2.75) is 50.5 Å². The molecule has 1 aliphatic rings. The van der Waals surface area contributed by atoms with Gasteiger partial charge in [-0.15, -0.1) is 11.8 Å². The molecule has 30 heavy (non-hydrogen) atoms. The Morgan fingerprint density at radius 1 is 1.23 bits per heavy atom. The van der Waals surface area contributed by atoms with Gasteiger partial charge in [-0.1, -0.05) is 29.5 Å². The lowest BCUT2D eigenvalue weighted by atomic mass is 10.1. The SMILES string of the molecule is Cc1cc2nc(N(CC3CCCO3)C(=O)CCCSc3ccccc3)sc2cc1C. The third kappa shape index (κ3) is 5.23. The number of carbonyl (C=O) groups is 1. The van der Waals surface area contributed by atoms with Crippen LogP contribution in [0, 0.1) is 13.8 Å². The molecule has 1 amide bonds. The lowest BCUT2D eigenvalue weighted by Crippen LogP contribution is -2.37. The van der Waals surface area contributed by atoms with Crippen LogP contribution in [-0.4, -0.2) is 35.9 Å². The molecule has 0 saturated carbocycles. The quantitative estimate of drug-likeness (QED) is 0.318. The average molecular weight is 441 g/mol. The van der Waals surface area contributed by atoms with Gasteiger partial charge in [-0.25, -0.2) is 4.98 Å². The monoisotopic (exact) mass is 440 g/mol. The van der Waals surface area contributed by atoms with E-state index >= 15 is 0 Å². The third-order valence-corrected chi connectivity index (χ3v) is 7.62. The van der Waals surface area contributed by atoms with Gasteiger partial charge in [0.2, 0.25) is 5.91 Å². The number of hydrogen-bond donors (Lipinski definition) is 0. The van der Waals surface area contributed by atoms with Crippen LogP contribution in [0.25, 0.3) is 10.2 Å². The van der Waals surface area contributed by atoms with E-state index in [4.69, 9.17) is 9.72 Å². The summed E-state index contributed by atoms with van der Waals surface area (Å²) >= 11 is 3.41. The summed E-state index contributed by atoms with van der Waals surface area (Å²) in [5, 5.41) is 0.797. The second-order valence-electron chi connectivity index (χ2n) is 7.81. The molecule has 2 aromatic carbocycles. The number of thioether (sulfide) groups is 1. The Kier molecular flexibility index (Phi) is 7.08. The predicted octanol–water partition coefficient (Wildman–Crippen LogP) is 6.00. The maximum Gasteiger partial charge on any atom is 0.228 e. The molecule has 2 heterocycles. The van der Waals surface area contributed by atoms with E-state index in [1.807, 2.05) is 23.1 Å². The van der Waals surface area contributed by atoms with Crippen LogP contribution in [0.2, 0.25) is 0 Å². The van der Waals surface area contributed by atoms with Gasteiger partial charge in [0.15, 0.2) is 5.13 Å². The summed E-state index contributed by atoms with van der Waals surface area (Å²) in [5.41, 5.74) is 3.46. The van der Waals surface area contributed by atoms with E-state index in [1.165, 1.54) is 16.0 Å². The summed E-state index contributed by atoms with van der Waals surface area (Å²) < 4.78 is 6.97. The van der Waals surface area contributed by atoms with Crippen LogP contribution in [0.4, 0.5) is 5.13 Å². The molecule has 1 atom stereocenters. The molecule has 1 aliphatic heterocycles. The van der Waals surface area contributed by atoms with E-state index in [1.54, 1.807) is 23.1 Å². The van der Waals surface area contributed by atoms with Crippen LogP contribution < -0.4 is 4.90 Å². The molecule has 6 heteroatoms. The van der Waals surface area contributed by atoms with Crippen molar-refractivity contribution in [3.8, 4) is 0 Å². The first-order valence-electron chi connectivity index (χ1n) is 10.6. The normalized spacial score (nSPS) is 16.3. The topological polar surface area (TPSA) is 42.4 Å². The molecular formula is C24H28N2O2S2. The van der Waals surface area contributed by atoms with E-state index < -0.39 is 0 Å². The smallest absolute Gasteiger partial charge is 0.228 e. The van der Waals surface area contributed by atoms with Gasteiger partial charge >= 0.3 is 0 Å². The Bertz CT molecular complexity index is 958. The van der Waals surface area contributed by atoms with Crippen molar-refractivity contribution in [3.63, 3.8) is 0 Å². The van der Waals surface area contributed by atoms with Gasteiger partial charge in [0, 0.05) is 17.9 Å². The van der Waals surface area contributed by atoms with Gasteiger partial charge in [0.05, 0.1) is 22.9 Å². The molecule has 158 valence electrons.